The van der Waals surface area contributed by atoms with Crippen LogP contribution in [-0.4, -0.2) is 19.9 Å². The van der Waals surface area contributed by atoms with Crippen molar-refractivity contribution < 1.29 is 9.57 Å². The van der Waals surface area contributed by atoms with Crippen LogP contribution in [0.5, 0.6) is 0 Å². The van der Waals surface area contributed by atoms with Crippen LogP contribution in [0.2, 0.25) is 0 Å². The van der Waals surface area contributed by atoms with Gasteiger partial charge in [0.1, 0.15) is 0 Å². The minimum Gasteiger partial charge on any atom is -0.364 e. The second kappa shape index (κ2) is 5.84. The molecule has 0 saturated carbocycles. The first-order chi connectivity index (χ1) is 3.41. The molecule has 0 atom stereocenters. The van der Waals surface area contributed by atoms with Crippen LogP contribution in [0.4, 0.5) is 0 Å². The summed E-state index contributed by atoms with van der Waals surface area (Å²) >= 11 is 0. The average molecular weight is 106 g/mol. The highest BCUT2D eigenvalue weighted by molar-refractivity contribution is 4.20. The molecule has 0 saturated heterocycles. The molecule has 4 nitrogen and oxygen atoms in total. The summed E-state index contributed by atoms with van der Waals surface area (Å²) in [6, 6.07) is 0. The van der Waals surface area contributed by atoms with Crippen LogP contribution >= 0.6 is 0 Å². The van der Waals surface area contributed by atoms with E-state index in [1.54, 1.807) is 0 Å². The summed E-state index contributed by atoms with van der Waals surface area (Å²) < 4.78 is 4.65. The molecule has 0 aliphatic carbocycles. The van der Waals surface area contributed by atoms with Gasteiger partial charge in [-0.3, -0.25) is 0 Å². The minimum atomic E-state index is 0.226. The zero-order valence-electron chi connectivity index (χ0n) is 4.09. The lowest BCUT2D eigenvalue weighted by Gasteiger charge is -1.95. The van der Waals surface area contributed by atoms with Gasteiger partial charge in [0, 0.05) is 0 Å². The fraction of sp³-hybridized carbons (Fsp3) is 1.00. The number of hydrogen-bond acceptors (Lipinski definition) is 4. The van der Waals surface area contributed by atoms with E-state index in [2.05, 4.69) is 15.5 Å². The summed E-state index contributed by atoms with van der Waals surface area (Å²) in [7, 11) is 0. The highest BCUT2D eigenvalue weighted by atomic mass is 16.6. The minimum absolute atomic E-state index is 0.226. The standard InChI is InChI=1S/C3H10N2O2/c4-3-6-1-2-7-5/h1-5H2. The van der Waals surface area contributed by atoms with Gasteiger partial charge in [-0.05, 0) is 0 Å². The molecule has 0 radical (unpaired) electrons. The maximum atomic E-state index is 4.95. The molecule has 0 unspecified atom stereocenters. The van der Waals surface area contributed by atoms with Gasteiger partial charge in [-0.25, -0.2) is 5.90 Å². The van der Waals surface area contributed by atoms with E-state index < -0.39 is 0 Å². The first-order valence-corrected chi connectivity index (χ1v) is 2.01. The second-order valence-corrected chi connectivity index (χ2v) is 0.946. The van der Waals surface area contributed by atoms with Crippen molar-refractivity contribution in [2.75, 3.05) is 19.9 Å². The SMILES string of the molecule is NCOCCON. The topological polar surface area (TPSA) is 70.5 Å². The van der Waals surface area contributed by atoms with Crippen LogP contribution in [0, 0.1) is 0 Å². The molecular formula is C3H10N2O2. The second-order valence-electron chi connectivity index (χ2n) is 0.946. The molecule has 0 aromatic heterocycles. The molecule has 0 heterocycles. The quantitative estimate of drug-likeness (QED) is 0.268. The molecule has 0 aliphatic rings. The summed E-state index contributed by atoms with van der Waals surface area (Å²) in [6.45, 7) is 1.09. The monoisotopic (exact) mass is 106 g/mol. The third kappa shape index (κ3) is 5.84. The van der Waals surface area contributed by atoms with E-state index in [9.17, 15) is 0 Å². The summed E-state index contributed by atoms with van der Waals surface area (Å²) in [5.74, 6) is 4.65. The first-order valence-electron chi connectivity index (χ1n) is 2.01. The van der Waals surface area contributed by atoms with Crippen LogP contribution in [0.3, 0.4) is 0 Å². The van der Waals surface area contributed by atoms with Crippen LogP contribution in [0.25, 0.3) is 0 Å². The number of hydrogen-bond donors (Lipinski definition) is 2. The Hall–Kier alpha value is -0.160. The fourth-order valence-electron chi connectivity index (χ4n) is 0.190. The molecule has 0 spiro atoms. The molecule has 0 aromatic carbocycles. The van der Waals surface area contributed by atoms with Gasteiger partial charge in [0.05, 0.1) is 19.9 Å². The van der Waals surface area contributed by atoms with Crippen molar-refractivity contribution in [1.82, 2.24) is 0 Å². The van der Waals surface area contributed by atoms with Gasteiger partial charge in [0.25, 0.3) is 0 Å². The van der Waals surface area contributed by atoms with Crippen molar-refractivity contribution in [3.63, 3.8) is 0 Å². The van der Waals surface area contributed by atoms with Gasteiger partial charge in [-0.2, -0.15) is 0 Å². The Kier molecular flexibility index (Phi) is 5.71. The highest BCUT2D eigenvalue weighted by Crippen LogP contribution is 1.66. The molecular weight excluding hydrogens is 96.0 g/mol. The van der Waals surface area contributed by atoms with Crippen molar-refractivity contribution in [3.05, 3.63) is 0 Å². The molecule has 4 heteroatoms. The Morgan fingerprint density at radius 1 is 1.29 bits per heavy atom. The zero-order chi connectivity index (χ0) is 5.54. The van der Waals surface area contributed by atoms with Crippen LogP contribution in [0.15, 0.2) is 0 Å². The van der Waals surface area contributed by atoms with Crippen molar-refractivity contribution >= 4 is 0 Å². The van der Waals surface area contributed by atoms with Crippen molar-refractivity contribution in [1.29, 1.82) is 0 Å². The van der Waals surface area contributed by atoms with Gasteiger partial charge >= 0.3 is 0 Å². The van der Waals surface area contributed by atoms with Crippen LogP contribution in [-0.2, 0) is 9.57 Å². The van der Waals surface area contributed by atoms with E-state index in [1.165, 1.54) is 0 Å². The lowest BCUT2D eigenvalue weighted by atomic mass is 10.8. The van der Waals surface area contributed by atoms with Crippen molar-refractivity contribution in [2.45, 2.75) is 0 Å². The first kappa shape index (κ1) is 6.84. The summed E-state index contributed by atoms with van der Waals surface area (Å²) in [6.07, 6.45) is 0. The lowest BCUT2D eigenvalue weighted by molar-refractivity contribution is 0.0503. The predicted octanol–water partition coefficient (Wildman–Crippen LogP) is -1.19. The number of rotatable bonds is 4. The van der Waals surface area contributed by atoms with E-state index in [1.807, 2.05) is 0 Å². The fourth-order valence-corrected chi connectivity index (χ4v) is 0.190. The van der Waals surface area contributed by atoms with Gasteiger partial charge < -0.3 is 15.3 Å². The highest BCUT2D eigenvalue weighted by Gasteiger charge is 1.78. The molecule has 7 heavy (non-hydrogen) atoms. The zero-order valence-corrected chi connectivity index (χ0v) is 4.09. The third-order valence-corrected chi connectivity index (χ3v) is 0.463. The van der Waals surface area contributed by atoms with E-state index >= 15 is 0 Å². The normalized spacial score (nSPS) is 9.43. The predicted molar refractivity (Wildman–Crippen MR) is 25.1 cm³/mol. The maximum absolute atomic E-state index is 4.95. The summed E-state index contributed by atoms with van der Waals surface area (Å²) in [5, 5.41) is 0. The van der Waals surface area contributed by atoms with Gasteiger partial charge in [0.2, 0.25) is 0 Å². The smallest absolute Gasteiger partial charge is 0.0941 e. The summed E-state index contributed by atoms with van der Waals surface area (Å²) in [4.78, 5) is 4.16. The lowest BCUT2D eigenvalue weighted by Crippen LogP contribution is -2.12. The molecule has 0 fully saturated rings. The van der Waals surface area contributed by atoms with Crippen LogP contribution < -0.4 is 11.6 Å². The molecule has 0 aromatic rings. The number of nitrogens with two attached hydrogens (primary N) is 2. The Bertz CT molecular complexity index is 30.1. The van der Waals surface area contributed by atoms with E-state index in [-0.39, 0.29) is 6.73 Å². The van der Waals surface area contributed by atoms with Crippen molar-refractivity contribution in [3.8, 4) is 0 Å². The van der Waals surface area contributed by atoms with E-state index in [4.69, 9.17) is 5.73 Å². The van der Waals surface area contributed by atoms with Crippen LogP contribution in [0.1, 0.15) is 0 Å². The molecule has 0 amide bonds. The van der Waals surface area contributed by atoms with Gasteiger partial charge in [0.15, 0.2) is 0 Å². The Morgan fingerprint density at radius 3 is 2.43 bits per heavy atom. The third-order valence-electron chi connectivity index (χ3n) is 0.463. The maximum Gasteiger partial charge on any atom is 0.0941 e. The molecule has 4 N–H and O–H groups in total. The molecule has 0 aliphatic heterocycles. The Labute approximate surface area is 42.3 Å². The number of ether oxygens (including phenoxy) is 1. The largest absolute Gasteiger partial charge is 0.364 e. The average Bonchev–Trinajstić information content (AvgIpc) is 1.69. The van der Waals surface area contributed by atoms with Crippen molar-refractivity contribution in [2.24, 2.45) is 11.6 Å². The molecule has 44 valence electrons. The van der Waals surface area contributed by atoms with Gasteiger partial charge in [-0.15, -0.1) is 0 Å². The van der Waals surface area contributed by atoms with Gasteiger partial charge in [-0.1, -0.05) is 0 Å². The van der Waals surface area contributed by atoms with E-state index in [0.29, 0.717) is 13.2 Å². The Balaban J connectivity index is 2.45. The van der Waals surface area contributed by atoms with E-state index in [0.717, 1.165) is 0 Å². The summed E-state index contributed by atoms with van der Waals surface area (Å²) in [5.41, 5.74) is 4.95. The molecule has 0 rings (SSSR count). The molecule has 0 bridgehead atoms. The Morgan fingerprint density at radius 2 is 2.00 bits per heavy atom.